The fourth-order valence-corrected chi connectivity index (χ4v) is 2.59. The second kappa shape index (κ2) is 9.14. The molecule has 0 aliphatic carbocycles. The number of guanidine groups is 1. The molecule has 0 bridgehead atoms. The number of benzene rings is 1. The highest BCUT2D eigenvalue weighted by Gasteiger charge is 2.04. The van der Waals surface area contributed by atoms with Gasteiger partial charge in [0.1, 0.15) is 12.4 Å². The van der Waals surface area contributed by atoms with Crippen LogP contribution in [0.1, 0.15) is 18.6 Å². The van der Waals surface area contributed by atoms with E-state index in [1.54, 1.807) is 19.1 Å². The van der Waals surface area contributed by atoms with E-state index in [1.807, 2.05) is 13.0 Å². The van der Waals surface area contributed by atoms with Crippen molar-refractivity contribution < 1.29 is 8.91 Å². The molecule has 23 heavy (non-hydrogen) atoms. The number of aromatic nitrogens is 2. The van der Waals surface area contributed by atoms with Crippen LogP contribution >= 0.6 is 11.8 Å². The zero-order chi connectivity index (χ0) is 16.5. The normalized spacial score (nSPS) is 11.5. The van der Waals surface area contributed by atoms with Crippen LogP contribution in [0.3, 0.4) is 0 Å². The van der Waals surface area contributed by atoms with Gasteiger partial charge in [0.05, 0.1) is 0 Å². The molecular formula is C15H20FN5OS. The SMILES string of the molecule is CCNC(=NCc1noc(C)n1)NCCSc1ccccc1F. The van der Waals surface area contributed by atoms with Crippen molar-refractivity contribution in [2.45, 2.75) is 25.3 Å². The first-order valence-corrected chi connectivity index (χ1v) is 8.36. The van der Waals surface area contributed by atoms with Gasteiger partial charge in [-0.15, -0.1) is 11.8 Å². The van der Waals surface area contributed by atoms with E-state index in [0.717, 1.165) is 12.3 Å². The molecule has 8 heteroatoms. The van der Waals surface area contributed by atoms with Gasteiger partial charge in [0.2, 0.25) is 5.89 Å². The zero-order valence-electron chi connectivity index (χ0n) is 13.2. The summed E-state index contributed by atoms with van der Waals surface area (Å²) >= 11 is 1.46. The van der Waals surface area contributed by atoms with E-state index < -0.39 is 0 Å². The van der Waals surface area contributed by atoms with Gasteiger partial charge in [-0.3, -0.25) is 0 Å². The van der Waals surface area contributed by atoms with E-state index in [4.69, 9.17) is 4.52 Å². The lowest BCUT2D eigenvalue weighted by Gasteiger charge is -2.10. The van der Waals surface area contributed by atoms with Crippen LogP contribution in [0.5, 0.6) is 0 Å². The Balaban J connectivity index is 1.79. The van der Waals surface area contributed by atoms with Crippen LogP contribution in [-0.2, 0) is 6.54 Å². The maximum atomic E-state index is 13.5. The molecule has 0 fully saturated rings. The number of nitrogens with zero attached hydrogens (tertiary/aromatic N) is 3. The average molecular weight is 337 g/mol. The summed E-state index contributed by atoms with van der Waals surface area (Å²) in [5.74, 6) is 2.27. The summed E-state index contributed by atoms with van der Waals surface area (Å²) in [7, 11) is 0. The van der Waals surface area contributed by atoms with Crippen molar-refractivity contribution in [1.82, 2.24) is 20.8 Å². The van der Waals surface area contributed by atoms with Gasteiger partial charge in [-0.2, -0.15) is 4.98 Å². The Morgan fingerprint density at radius 2 is 2.17 bits per heavy atom. The lowest BCUT2D eigenvalue weighted by Crippen LogP contribution is -2.38. The molecule has 1 aromatic carbocycles. The number of halogens is 1. The van der Waals surface area contributed by atoms with Crippen LogP contribution in [0.4, 0.5) is 4.39 Å². The Hall–Kier alpha value is -2.09. The van der Waals surface area contributed by atoms with E-state index in [9.17, 15) is 4.39 Å². The van der Waals surface area contributed by atoms with Gasteiger partial charge in [-0.1, -0.05) is 17.3 Å². The number of rotatable bonds is 7. The molecule has 6 nitrogen and oxygen atoms in total. The van der Waals surface area contributed by atoms with E-state index in [-0.39, 0.29) is 5.82 Å². The maximum Gasteiger partial charge on any atom is 0.223 e. The first-order chi connectivity index (χ1) is 11.2. The molecule has 0 amide bonds. The van der Waals surface area contributed by atoms with Gasteiger partial charge in [-0.25, -0.2) is 9.38 Å². The van der Waals surface area contributed by atoms with Gasteiger partial charge >= 0.3 is 0 Å². The molecule has 0 atom stereocenters. The minimum absolute atomic E-state index is 0.189. The Morgan fingerprint density at radius 1 is 1.35 bits per heavy atom. The lowest BCUT2D eigenvalue weighted by atomic mass is 10.3. The van der Waals surface area contributed by atoms with Crippen LogP contribution in [0.25, 0.3) is 0 Å². The maximum absolute atomic E-state index is 13.5. The summed E-state index contributed by atoms with van der Waals surface area (Å²) in [5.41, 5.74) is 0. The number of hydrogen-bond donors (Lipinski definition) is 2. The Bertz CT molecular complexity index is 646. The quantitative estimate of drug-likeness (QED) is 0.350. The van der Waals surface area contributed by atoms with Crippen LogP contribution < -0.4 is 10.6 Å². The number of thioether (sulfide) groups is 1. The fraction of sp³-hybridized carbons (Fsp3) is 0.400. The molecule has 0 aliphatic rings. The Morgan fingerprint density at radius 3 is 2.87 bits per heavy atom. The van der Waals surface area contributed by atoms with Gasteiger partial charge < -0.3 is 15.2 Å². The molecule has 0 unspecified atom stereocenters. The first-order valence-electron chi connectivity index (χ1n) is 7.37. The molecule has 0 spiro atoms. The van der Waals surface area contributed by atoms with Gasteiger partial charge in [-0.05, 0) is 19.1 Å². The van der Waals surface area contributed by atoms with Crippen molar-refractivity contribution in [3.05, 3.63) is 41.8 Å². The molecule has 2 rings (SSSR count). The molecule has 124 valence electrons. The van der Waals surface area contributed by atoms with Gasteiger partial charge in [0, 0.05) is 30.7 Å². The van der Waals surface area contributed by atoms with Crippen LogP contribution in [0, 0.1) is 12.7 Å². The van der Waals surface area contributed by atoms with Crippen molar-refractivity contribution in [1.29, 1.82) is 0 Å². The smallest absolute Gasteiger partial charge is 0.223 e. The van der Waals surface area contributed by atoms with Crippen LogP contribution in [-0.4, -0.2) is 34.9 Å². The molecule has 0 saturated carbocycles. The number of hydrogen-bond acceptors (Lipinski definition) is 5. The summed E-state index contributed by atoms with van der Waals surface area (Å²) in [4.78, 5) is 9.14. The van der Waals surface area contributed by atoms with Crippen molar-refractivity contribution in [2.24, 2.45) is 4.99 Å². The summed E-state index contributed by atoms with van der Waals surface area (Å²) < 4.78 is 18.4. The highest BCUT2D eigenvalue weighted by molar-refractivity contribution is 7.99. The lowest BCUT2D eigenvalue weighted by molar-refractivity contribution is 0.387. The molecule has 2 aromatic rings. The Kier molecular flexibility index (Phi) is 6.86. The van der Waals surface area contributed by atoms with Crippen molar-refractivity contribution in [3.63, 3.8) is 0 Å². The van der Waals surface area contributed by atoms with E-state index in [1.165, 1.54) is 17.8 Å². The molecule has 2 N–H and O–H groups in total. The molecule has 0 aliphatic heterocycles. The minimum atomic E-state index is -0.189. The summed E-state index contributed by atoms with van der Waals surface area (Å²) in [6.45, 7) is 5.48. The second-order valence-electron chi connectivity index (χ2n) is 4.63. The number of nitrogens with one attached hydrogen (secondary N) is 2. The fourth-order valence-electron chi connectivity index (χ4n) is 1.79. The van der Waals surface area contributed by atoms with Crippen LogP contribution in [0.15, 0.2) is 38.7 Å². The highest BCUT2D eigenvalue weighted by Crippen LogP contribution is 2.20. The highest BCUT2D eigenvalue weighted by atomic mass is 32.2. The standard InChI is InChI=1S/C15H20FN5OS/c1-3-17-15(19-10-14-20-11(2)22-21-14)18-8-9-23-13-7-5-4-6-12(13)16/h4-7H,3,8-10H2,1-2H3,(H2,17,18,19). The van der Waals surface area contributed by atoms with Crippen molar-refractivity contribution in [2.75, 3.05) is 18.8 Å². The molecule has 1 heterocycles. The molecule has 1 aromatic heterocycles. The first kappa shape index (κ1) is 17.3. The largest absolute Gasteiger partial charge is 0.357 e. The molecule has 0 radical (unpaired) electrons. The van der Waals surface area contributed by atoms with Gasteiger partial charge in [0.25, 0.3) is 0 Å². The Labute approximate surface area is 139 Å². The van der Waals surface area contributed by atoms with E-state index in [0.29, 0.717) is 35.7 Å². The number of aryl methyl sites for hydroxylation is 1. The van der Waals surface area contributed by atoms with Gasteiger partial charge in [0.15, 0.2) is 11.8 Å². The zero-order valence-corrected chi connectivity index (χ0v) is 14.0. The topological polar surface area (TPSA) is 75.3 Å². The third-order valence-electron chi connectivity index (χ3n) is 2.78. The second-order valence-corrected chi connectivity index (χ2v) is 5.77. The predicted octanol–water partition coefficient (Wildman–Crippen LogP) is 2.36. The third-order valence-corrected chi connectivity index (χ3v) is 3.83. The minimum Gasteiger partial charge on any atom is -0.357 e. The summed E-state index contributed by atoms with van der Waals surface area (Å²) in [5, 5.41) is 10.1. The van der Waals surface area contributed by atoms with Crippen molar-refractivity contribution in [3.8, 4) is 0 Å². The molecular weight excluding hydrogens is 317 g/mol. The number of aliphatic imine (C=N–C) groups is 1. The predicted molar refractivity (Wildman–Crippen MR) is 89.0 cm³/mol. The summed E-state index contributed by atoms with van der Waals surface area (Å²) in [6, 6.07) is 6.76. The van der Waals surface area contributed by atoms with Crippen LogP contribution in [0.2, 0.25) is 0 Å². The summed E-state index contributed by atoms with van der Waals surface area (Å²) in [6.07, 6.45) is 0. The monoisotopic (exact) mass is 337 g/mol. The molecule has 0 saturated heterocycles. The van der Waals surface area contributed by atoms with E-state index >= 15 is 0 Å². The average Bonchev–Trinajstić information content (AvgIpc) is 2.96. The van der Waals surface area contributed by atoms with E-state index in [2.05, 4.69) is 25.8 Å². The third kappa shape index (κ3) is 5.90. The van der Waals surface area contributed by atoms with Crippen molar-refractivity contribution >= 4 is 17.7 Å².